The second-order valence-electron chi connectivity index (χ2n) is 4.71. The Hall–Kier alpha value is -2.10. The molecule has 1 saturated heterocycles. The summed E-state index contributed by atoms with van der Waals surface area (Å²) in [5.41, 5.74) is 1.49. The smallest absolute Gasteiger partial charge is 0.330 e. The predicted molar refractivity (Wildman–Crippen MR) is 77.2 cm³/mol. The summed E-state index contributed by atoms with van der Waals surface area (Å²) in [7, 11) is 0. The van der Waals surface area contributed by atoms with Gasteiger partial charge in [0.2, 0.25) is 0 Å². The summed E-state index contributed by atoms with van der Waals surface area (Å²) in [4.78, 5) is 25.4. The Morgan fingerprint density at radius 1 is 1.30 bits per heavy atom. The summed E-state index contributed by atoms with van der Waals surface area (Å²) >= 11 is 0. The molecule has 0 radical (unpaired) electrons. The summed E-state index contributed by atoms with van der Waals surface area (Å²) < 4.78 is 4.82. The van der Waals surface area contributed by atoms with Gasteiger partial charge in [0.05, 0.1) is 6.61 Å². The highest BCUT2D eigenvalue weighted by Crippen LogP contribution is 2.14. The molecule has 1 fully saturated rings. The van der Waals surface area contributed by atoms with E-state index in [0.29, 0.717) is 12.2 Å². The largest absolute Gasteiger partial charge is 0.463 e. The van der Waals surface area contributed by atoms with E-state index in [9.17, 15) is 9.59 Å². The van der Waals surface area contributed by atoms with Crippen LogP contribution in [0.1, 0.15) is 35.7 Å². The van der Waals surface area contributed by atoms with E-state index in [-0.39, 0.29) is 11.9 Å². The zero-order valence-corrected chi connectivity index (χ0v) is 11.7. The van der Waals surface area contributed by atoms with E-state index in [2.05, 4.69) is 0 Å². The fourth-order valence-electron chi connectivity index (χ4n) is 2.23. The van der Waals surface area contributed by atoms with Crippen molar-refractivity contribution in [2.75, 3.05) is 19.7 Å². The van der Waals surface area contributed by atoms with Crippen LogP contribution in [0.25, 0.3) is 6.08 Å². The van der Waals surface area contributed by atoms with Crippen molar-refractivity contribution >= 4 is 18.0 Å². The standard InChI is InChI=1S/C16H19NO3/c1-2-20-15(18)9-8-13-6-5-7-14(12-13)16(19)17-10-3-4-11-17/h5-9,12H,2-4,10-11H2,1H3/b9-8+. The summed E-state index contributed by atoms with van der Waals surface area (Å²) in [6.45, 7) is 3.79. The number of amides is 1. The van der Waals surface area contributed by atoms with E-state index < -0.39 is 0 Å². The first-order valence-corrected chi connectivity index (χ1v) is 6.95. The van der Waals surface area contributed by atoms with Gasteiger partial charge in [-0.25, -0.2) is 4.79 Å². The van der Waals surface area contributed by atoms with Crippen LogP contribution in [0.4, 0.5) is 0 Å². The van der Waals surface area contributed by atoms with Gasteiger partial charge in [0.1, 0.15) is 0 Å². The van der Waals surface area contributed by atoms with Crippen LogP contribution >= 0.6 is 0 Å². The number of rotatable bonds is 4. The van der Waals surface area contributed by atoms with Gasteiger partial charge in [0.15, 0.2) is 0 Å². The molecule has 106 valence electrons. The van der Waals surface area contributed by atoms with E-state index in [1.165, 1.54) is 6.08 Å². The molecule has 0 N–H and O–H groups in total. The highest BCUT2D eigenvalue weighted by Gasteiger charge is 2.19. The zero-order valence-electron chi connectivity index (χ0n) is 11.7. The van der Waals surface area contributed by atoms with Crippen LogP contribution in [0.2, 0.25) is 0 Å². The molecular formula is C16H19NO3. The lowest BCUT2D eigenvalue weighted by atomic mass is 10.1. The maximum absolute atomic E-state index is 12.2. The monoisotopic (exact) mass is 273 g/mol. The van der Waals surface area contributed by atoms with E-state index >= 15 is 0 Å². The maximum atomic E-state index is 12.2. The van der Waals surface area contributed by atoms with Gasteiger partial charge in [0.25, 0.3) is 5.91 Å². The van der Waals surface area contributed by atoms with Crippen LogP contribution in [0, 0.1) is 0 Å². The molecule has 1 aliphatic rings. The highest BCUT2D eigenvalue weighted by atomic mass is 16.5. The first kappa shape index (κ1) is 14.3. The molecule has 1 aromatic rings. The minimum Gasteiger partial charge on any atom is -0.463 e. The molecule has 0 aromatic heterocycles. The number of benzene rings is 1. The molecule has 0 unspecified atom stereocenters. The third kappa shape index (κ3) is 3.70. The summed E-state index contributed by atoms with van der Waals surface area (Å²) in [5.74, 6) is -0.308. The number of hydrogen-bond donors (Lipinski definition) is 0. The number of ether oxygens (including phenoxy) is 1. The van der Waals surface area contributed by atoms with Crippen LogP contribution in [-0.2, 0) is 9.53 Å². The maximum Gasteiger partial charge on any atom is 0.330 e. The average Bonchev–Trinajstić information content (AvgIpc) is 2.99. The molecule has 4 heteroatoms. The van der Waals surface area contributed by atoms with Gasteiger partial charge in [-0.05, 0) is 43.5 Å². The minimum atomic E-state index is -0.372. The summed E-state index contributed by atoms with van der Waals surface area (Å²) in [6.07, 6.45) is 5.20. The molecule has 1 aliphatic heterocycles. The van der Waals surface area contributed by atoms with Crippen LogP contribution in [-0.4, -0.2) is 36.5 Å². The topological polar surface area (TPSA) is 46.6 Å². The summed E-state index contributed by atoms with van der Waals surface area (Å²) in [5, 5.41) is 0. The molecule has 20 heavy (non-hydrogen) atoms. The Labute approximate surface area is 119 Å². The molecule has 0 spiro atoms. The first-order valence-electron chi connectivity index (χ1n) is 6.95. The van der Waals surface area contributed by atoms with Gasteiger partial charge in [-0.2, -0.15) is 0 Å². The van der Waals surface area contributed by atoms with Gasteiger partial charge < -0.3 is 9.64 Å². The lowest BCUT2D eigenvalue weighted by Crippen LogP contribution is -2.27. The molecule has 2 rings (SSSR count). The van der Waals surface area contributed by atoms with Crippen LogP contribution in [0.15, 0.2) is 30.3 Å². The van der Waals surface area contributed by atoms with Crippen molar-refractivity contribution in [3.05, 3.63) is 41.5 Å². The number of carbonyl (C=O) groups excluding carboxylic acids is 2. The van der Waals surface area contributed by atoms with E-state index in [4.69, 9.17) is 4.74 Å². The van der Waals surface area contributed by atoms with Crippen molar-refractivity contribution in [3.63, 3.8) is 0 Å². The second-order valence-corrected chi connectivity index (χ2v) is 4.71. The van der Waals surface area contributed by atoms with E-state index in [1.54, 1.807) is 19.1 Å². The van der Waals surface area contributed by atoms with Crippen LogP contribution in [0.3, 0.4) is 0 Å². The molecule has 0 bridgehead atoms. The van der Waals surface area contributed by atoms with Crippen molar-refractivity contribution in [1.82, 2.24) is 4.90 Å². The van der Waals surface area contributed by atoms with E-state index in [0.717, 1.165) is 31.5 Å². The Balaban J connectivity index is 2.07. The van der Waals surface area contributed by atoms with Crippen molar-refractivity contribution in [1.29, 1.82) is 0 Å². The third-order valence-corrected chi connectivity index (χ3v) is 3.23. The predicted octanol–water partition coefficient (Wildman–Crippen LogP) is 2.50. The Morgan fingerprint density at radius 3 is 2.75 bits per heavy atom. The van der Waals surface area contributed by atoms with Gasteiger partial charge in [-0.3, -0.25) is 4.79 Å². The third-order valence-electron chi connectivity index (χ3n) is 3.23. The van der Waals surface area contributed by atoms with E-state index in [1.807, 2.05) is 23.1 Å². The SMILES string of the molecule is CCOC(=O)/C=C/c1cccc(C(=O)N2CCCC2)c1. The number of nitrogens with zero attached hydrogens (tertiary/aromatic N) is 1. The molecule has 4 nitrogen and oxygen atoms in total. The number of esters is 1. The van der Waals surface area contributed by atoms with Crippen LogP contribution in [0.5, 0.6) is 0 Å². The zero-order chi connectivity index (χ0) is 14.4. The Kier molecular flexibility index (Phi) is 4.93. The highest BCUT2D eigenvalue weighted by molar-refractivity contribution is 5.95. The average molecular weight is 273 g/mol. The molecule has 0 atom stereocenters. The van der Waals surface area contributed by atoms with Crippen molar-refractivity contribution in [2.45, 2.75) is 19.8 Å². The van der Waals surface area contributed by atoms with Crippen LogP contribution < -0.4 is 0 Å². The molecular weight excluding hydrogens is 254 g/mol. The first-order chi connectivity index (χ1) is 9.70. The van der Waals surface area contributed by atoms with Crippen molar-refractivity contribution < 1.29 is 14.3 Å². The number of likely N-dealkylation sites (tertiary alicyclic amines) is 1. The lowest BCUT2D eigenvalue weighted by Gasteiger charge is -2.15. The van der Waals surface area contributed by atoms with Gasteiger partial charge in [0, 0.05) is 24.7 Å². The van der Waals surface area contributed by atoms with Crippen molar-refractivity contribution in [3.8, 4) is 0 Å². The van der Waals surface area contributed by atoms with Crippen molar-refractivity contribution in [2.24, 2.45) is 0 Å². The summed E-state index contributed by atoms with van der Waals surface area (Å²) in [6, 6.07) is 7.29. The Bertz CT molecular complexity index is 516. The minimum absolute atomic E-state index is 0.0638. The van der Waals surface area contributed by atoms with Gasteiger partial charge >= 0.3 is 5.97 Å². The van der Waals surface area contributed by atoms with Gasteiger partial charge in [-0.15, -0.1) is 0 Å². The second kappa shape index (κ2) is 6.89. The number of hydrogen-bond acceptors (Lipinski definition) is 3. The lowest BCUT2D eigenvalue weighted by molar-refractivity contribution is -0.137. The normalized spacial score (nSPS) is 14.8. The fraction of sp³-hybridized carbons (Fsp3) is 0.375. The quantitative estimate of drug-likeness (QED) is 0.625. The van der Waals surface area contributed by atoms with Gasteiger partial charge in [-0.1, -0.05) is 12.1 Å². The molecule has 0 aliphatic carbocycles. The molecule has 1 amide bonds. The number of carbonyl (C=O) groups is 2. The molecule has 1 heterocycles. The molecule has 0 saturated carbocycles. The fourth-order valence-corrected chi connectivity index (χ4v) is 2.23. The molecule has 1 aromatic carbocycles. The Morgan fingerprint density at radius 2 is 2.05 bits per heavy atom.